The lowest BCUT2D eigenvalue weighted by Gasteiger charge is -2.36. The molecule has 19 heavy (non-hydrogen) atoms. The lowest BCUT2D eigenvalue weighted by atomic mass is 9.94. The number of hydrogen-bond donors (Lipinski definition) is 1. The van der Waals surface area contributed by atoms with Gasteiger partial charge in [0.25, 0.3) is 0 Å². The van der Waals surface area contributed by atoms with E-state index < -0.39 is 5.60 Å². The molecule has 2 aliphatic rings. The van der Waals surface area contributed by atoms with E-state index in [4.69, 9.17) is 9.47 Å². The molecule has 0 spiro atoms. The van der Waals surface area contributed by atoms with Crippen LogP contribution in [-0.4, -0.2) is 86.7 Å². The van der Waals surface area contributed by atoms with Crippen LogP contribution in [0.4, 0.5) is 0 Å². The van der Waals surface area contributed by atoms with E-state index in [1.165, 1.54) is 0 Å². The molecule has 0 aromatic carbocycles. The van der Waals surface area contributed by atoms with Crippen molar-refractivity contribution in [1.82, 2.24) is 9.80 Å². The number of hydrogen-bond acceptors (Lipinski definition) is 5. The van der Waals surface area contributed by atoms with Crippen molar-refractivity contribution in [2.45, 2.75) is 37.0 Å². The molecule has 0 amide bonds. The number of ether oxygens (including phenoxy) is 2. The van der Waals surface area contributed by atoms with Gasteiger partial charge in [0.2, 0.25) is 0 Å². The van der Waals surface area contributed by atoms with Crippen LogP contribution >= 0.6 is 0 Å². The molecule has 2 heterocycles. The molecule has 0 bridgehead atoms. The first-order valence-corrected chi connectivity index (χ1v) is 7.24. The van der Waals surface area contributed by atoms with E-state index in [1.54, 1.807) is 7.11 Å². The fraction of sp³-hybridized carbons (Fsp3) is 1.00. The average molecular weight is 272 g/mol. The van der Waals surface area contributed by atoms with Crippen LogP contribution in [0.25, 0.3) is 0 Å². The topological polar surface area (TPSA) is 45.2 Å². The van der Waals surface area contributed by atoms with Gasteiger partial charge in [-0.15, -0.1) is 0 Å². The minimum absolute atomic E-state index is 0.356. The number of aliphatic hydroxyl groups is 1. The lowest BCUT2D eigenvalue weighted by Crippen LogP contribution is -2.48. The molecule has 0 radical (unpaired) electrons. The van der Waals surface area contributed by atoms with Crippen molar-refractivity contribution in [3.05, 3.63) is 0 Å². The van der Waals surface area contributed by atoms with Crippen LogP contribution in [0.5, 0.6) is 0 Å². The fourth-order valence-corrected chi connectivity index (χ4v) is 3.25. The highest BCUT2D eigenvalue weighted by molar-refractivity contribution is 4.89. The summed E-state index contributed by atoms with van der Waals surface area (Å²) in [4.78, 5) is 4.61. The largest absolute Gasteiger partial charge is 0.388 e. The van der Waals surface area contributed by atoms with Gasteiger partial charge in [0, 0.05) is 58.8 Å². The van der Waals surface area contributed by atoms with Gasteiger partial charge in [-0.25, -0.2) is 0 Å². The molecule has 2 saturated heterocycles. The van der Waals surface area contributed by atoms with Crippen LogP contribution in [0, 0.1) is 0 Å². The number of nitrogens with zero attached hydrogens (tertiary/aromatic N) is 2. The smallest absolute Gasteiger partial charge is 0.0817 e. The summed E-state index contributed by atoms with van der Waals surface area (Å²) < 4.78 is 10.8. The first-order chi connectivity index (χ1) is 9.02. The van der Waals surface area contributed by atoms with Crippen LogP contribution in [0.1, 0.15) is 19.3 Å². The van der Waals surface area contributed by atoms with Gasteiger partial charge in [0.15, 0.2) is 0 Å². The number of methoxy groups -OCH3 is 1. The summed E-state index contributed by atoms with van der Waals surface area (Å²) in [6.07, 6.45) is 2.94. The SMILES string of the molecule is CO[C@H]1C[C@@H](CN(C)CC2(O)CCOCC2)N(C)C1. The van der Waals surface area contributed by atoms with Crippen molar-refractivity contribution in [2.24, 2.45) is 0 Å². The van der Waals surface area contributed by atoms with Gasteiger partial charge >= 0.3 is 0 Å². The van der Waals surface area contributed by atoms with Crippen LogP contribution in [-0.2, 0) is 9.47 Å². The van der Waals surface area contributed by atoms with Crippen LogP contribution in [0.2, 0.25) is 0 Å². The zero-order valence-electron chi connectivity index (χ0n) is 12.5. The standard InChI is InChI=1S/C14H28N2O3/c1-15(11-14(17)4-6-19-7-5-14)9-12-8-13(18-3)10-16(12)2/h12-13,17H,4-11H2,1-3H3/t12-,13-/m0/s1. The zero-order chi connectivity index (χ0) is 13.9. The first kappa shape index (κ1) is 15.2. The molecule has 2 rings (SSSR count). The minimum atomic E-state index is -0.565. The second-order valence-corrected chi connectivity index (χ2v) is 6.22. The van der Waals surface area contributed by atoms with E-state index >= 15 is 0 Å². The number of likely N-dealkylation sites (N-methyl/N-ethyl adjacent to an activating group) is 2. The third-order valence-corrected chi connectivity index (χ3v) is 4.49. The predicted molar refractivity (Wildman–Crippen MR) is 74.3 cm³/mol. The Morgan fingerprint density at radius 2 is 2.11 bits per heavy atom. The van der Waals surface area contributed by atoms with E-state index in [2.05, 4.69) is 23.9 Å². The fourth-order valence-electron chi connectivity index (χ4n) is 3.25. The molecule has 0 aromatic rings. The van der Waals surface area contributed by atoms with E-state index in [-0.39, 0.29) is 0 Å². The Morgan fingerprint density at radius 3 is 2.68 bits per heavy atom. The maximum Gasteiger partial charge on any atom is 0.0817 e. The quantitative estimate of drug-likeness (QED) is 0.773. The third-order valence-electron chi connectivity index (χ3n) is 4.49. The van der Waals surface area contributed by atoms with Gasteiger partial charge in [0.05, 0.1) is 11.7 Å². The third kappa shape index (κ3) is 4.13. The molecular formula is C14H28N2O3. The zero-order valence-corrected chi connectivity index (χ0v) is 12.5. The summed E-state index contributed by atoms with van der Waals surface area (Å²) in [5, 5.41) is 10.5. The summed E-state index contributed by atoms with van der Waals surface area (Å²) in [7, 11) is 6.04. The van der Waals surface area contributed by atoms with Gasteiger partial charge in [-0.05, 0) is 20.5 Å². The van der Waals surface area contributed by atoms with E-state index in [9.17, 15) is 5.11 Å². The molecule has 0 aromatic heterocycles. The minimum Gasteiger partial charge on any atom is -0.388 e. The summed E-state index contributed by atoms with van der Waals surface area (Å²) in [5.41, 5.74) is -0.565. The van der Waals surface area contributed by atoms with Crippen molar-refractivity contribution >= 4 is 0 Å². The summed E-state index contributed by atoms with van der Waals surface area (Å²) in [5.74, 6) is 0. The molecule has 112 valence electrons. The predicted octanol–water partition coefficient (Wildman–Crippen LogP) is 0.179. The molecule has 2 fully saturated rings. The Labute approximate surface area is 116 Å². The van der Waals surface area contributed by atoms with Crippen LogP contribution in [0.3, 0.4) is 0 Å². The van der Waals surface area contributed by atoms with Gasteiger partial charge in [-0.2, -0.15) is 0 Å². The van der Waals surface area contributed by atoms with Crippen LogP contribution in [0.15, 0.2) is 0 Å². The van der Waals surface area contributed by atoms with Crippen molar-refractivity contribution < 1.29 is 14.6 Å². The van der Waals surface area contributed by atoms with Crippen LogP contribution < -0.4 is 0 Å². The van der Waals surface area contributed by atoms with Gasteiger partial charge in [-0.1, -0.05) is 0 Å². The highest BCUT2D eigenvalue weighted by Gasteiger charge is 2.34. The lowest BCUT2D eigenvalue weighted by molar-refractivity contribution is -0.0781. The molecular weight excluding hydrogens is 244 g/mol. The first-order valence-electron chi connectivity index (χ1n) is 7.24. The highest BCUT2D eigenvalue weighted by Crippen LogP contribution is 2.23. The normalized spacial score (nSPS) is 32.1. The monoisotopic (exact) mass is 272 g/mol. The van der Waals surface area contributed by atoms with Crippen molar-refractivity contribution in [3.8, 4) is 0 Å². The van der Waals surface area contributed by atoms with Gasteiger partial charge < -0.3 is 19.5 Å². The summed E-state index contributed by atoms with van der Waals surface area (Å²) in [6.45, 7) is 4.09. The van der Waals surface area contributed by atoms with E-state index in [0.717, 1.165) is 38.9 Å². The van der Waals surface area contributed by atoms with Gasteiger partial charge in [0.1, 0.15) is 0 Å². The molecule has 5 nitrogen and oxygen atoms in total. The molecule has 0 unspecified atom stereocenters. The average Bonchev–Trinajstić information content (AvgIpc) is 2.70. The Morgan fingerprint density at radius 1 is 1.42 bits per heavy atom. The Balaban J connectivity index is 1.79. The summed E-state index contributed by atoms with van der Waals surface area (Å²) in [6, 6.07) is 0.526. The Bertz CT molecular complexity index is 282. The highest BCUT2D eigenvalue weighted by atomic mass is 16.5. The molecule has 1 N–H and O–H groups in total. The number of likely N-dealkylation sites (tertiary alicyclic amines) is 1. The molecule has 0 aliphatic carbocycles. The van der Waals surface area contributed by atoms with Crippen molar-refractivity contribution in [2.75, 3.05) is 54.1 Å². The molecule has 0 saturated carbocycles. The second kappa shape index (κ2) is 6.50. The Hall–Kier alpha value is -0.200. The maximum atomic E-state index is 10.5. The van der Waals surface area contributed by atoms with Crippen molar-refractivity contribution in [3.63, 3.8) is 0 Å². The van der Waals surface area contributed by atoms with Crippen molar-refractivity contribution in [1.29, 1.82) is 0 Å². The maximum absolute atomic E-state index is 10.5. The van der Waals surface area contributed by atoms with E-state index in [1.807, 2.05) is 0 Å². The molecule has 2 atom stereocenters. The Kier molecular flexibility index (Phi) is 5.20. The second-order valence-electron chi connectivity index (χ2n) is 6.22. The van der Waals surface area contributed by atoms with Gasteiger partial charge in [-0.3, -0.25) is 4.90 Å². The molecule has 2 aliphatic heterocycles. The molecule has 5 heteroatoms. The number of rotatable bonds is 5. The summed E-state index contributed by atoms with van der Waals surface area (Å²) >= 11 is 0. The van der Waals surface area contributed by atoms with E-state index in [0.29, 0.717) is 25.4 Å².